The van der Waals surface area contributed by atoms with Crippen molar-refractivity contribution in [2.45, 2.75) is 25.4 Å². The molecule has 3 rings (SSSR count). The molecule has 0 spiro atoms. The van der Waals surface area contributed by atoms with Gasteiger partial charge in [-0.05, 0) is 48.7 Å². The highest BCUT2D eigenvalue weighted by Crippen LogP contribution is 2.21. The molecular weight excluding hydrogens is 252 g/mol. The summed E-state index contributed by atoms with van der Waals surface area (Å²) in [5, 5.41) is 3.35. The molecule has 1 aliphatic carbocycles. The Morgan fingerprint density at radius 1 is 1.20 bits per heavy atom. The van der Waals surface area contributed by atoms with E-state index in [1.54, 1.807) is 7.11 Å². The van der Waals surface area contributed by atoms with Crippen molar-refractivity contribution in [3.05, 3.63) is 52.3 Å². The predicted octanol–water partition coefficient (Wildman–Crippen LogP) is 2.30. The first kappa shape index (κ1) is 12.9. The van der Waals surface area contributed by atoms with E-state index in [1.807, 2.05) is 36.4 Å². The van der Waals surface area contributed by atoms with Gasteiger partial charge in [0.05, 0.1) is 7.11 Å². The largest absolute Gasteiger partial charge is 0.497 e. The van der Waals surface area contributed by atoms with Crippen molar-refractivity contribution in [2.75, 3.05) is 7.11 Å². The normalized spacial score (nSPS) is 14.2. The van der Waals surface area contributed by atoms with Crippen LogP contribution in [0.5, 0.6) is 5.75 Å². The zero-order chi connectivity index (χ0) is 13.9. The second-order valence-corrected chi connectivity index (χ2v) is 5.11. The Morgan fingerprint density at radius 2 is 1.95 bits per heavy atom. The number of rotatable bonds is 5. The quantitative estimate of drug-likeness (QED) is 0.876. The maximum atomic E-state index is 12.0. The standard InChI is InChI=1S/C16H18N2O2/c1-20-14-7-2-11(3-8-14)15-9-4-12(16(19)18-15)10-17-13-5-6-13/h2-4,7-9,13,17H,5-6,10H2,1H3,(H,18,19). The van der Waals surface area contributed by atoms with E-state index < -0.39 is 0 Å². The van der Waals surface area contributed by atoms with Crippen molar-refractivity contribution < 1.29 is 4.74 Å². The molecule has 1 fully saturated rings. The summed E-state index contributed by atoms with van der Waals surface area (Å²) in [6, 6.07) is 12.1. The molecule has 0 bridgehead atoms. The molecule has 0 atom stereocenters. The van der Waals surface area contributed by atoms with Crippen molar-refractivity contribution in [2.24, 2.45) is 0 Å². The van der Waals surface area contributed by atoms with Gasteiger partial charge >= 0.3 is 0 Å². The van der Waals surface area contributed by atoms with Gasteiger partial charge in [0.25, 0.3) is 5.56 Å². The number of aromatic nitrogens is 1. The lowest BCUT2D eigenvalue weighted by Crippen LogP contribution is -2.22. The lowest BCUT2D eigenvalue weighted by atomic mass is 10.1. The molecule has 4 heteroatoms. The fraction of sp³-hybridized carbons (Fsp3) is 0.312. The van der Waals surface area contributed by atoms with Crippen LogP contribution in [0.3, 0.4) is 0 Å². The van der Waals surface area contributed by atoms with Gasteiger partial charge < -0.3 is 15.0 Å². The number of benzene rings is 1. The average Bonchev–Trinajstić information content (AvgIpc) is 3.30. The molecule has 104 valence electrons. The zero-order valence-corrected chi connectivity index (χ0v) is 11.5. The van der Waals surface area contributed by atoms with Crippen LogP contribution in [0.25, 0.3) is 11.3 Å². The maximum absolute atomic E-state index is 12.0. The van der Waals surface area contributed by atoms with E-state index in [0.717, 1.165) is 22.6 Å². The molecule has 1 saturated carbocycles. The second kappa shape index (κ2) is 5.51. The van der Waals surface area contributed by atoms with E-state index in [0.29, 0.717) is 12.6 Å². The van der Waals surface area contributed by atoms with E-state index in [9.17, 15) is 4.79 Å². The Bertz CT molecular complexity index is 642. The van der Waals surface area contributed by atoms with E-state index in [4.69, 9.17) is 4.74 Å². The molecule has 2 N–H and O–H groups in total. The smallest absolute Gasteiger partial charge is 0.252 e. The van der Waals surface area contributed by atoms with Crippen molar-refractivity contribution >= 4 is 0 Å². The van der Waals surface area contributed by atoms with Crippen molar-refractivity contribution in [3.8, 4) is 17.0 Å². The summed E-state index contributed by atoms with van der Waals surface area (Å²) in [4.78, 5) is 15.0. The van der Waals surface area contributed by atoms with Gasteiger partial charge in [-0.15, -0.1) is 0 Å². The van der Waals surface area contributed by atoms with Crippen LogP contribution in [0.2, 0.25) is 0 Å². The minimum absolute atomic E-state index is 0.0218. The monoisotopic (exact) mass is 270 g/mol. The molecule has 1 aliphatic rings. The summed E-state index contributed by atoms with van der Waals surface area (Å²) in [6.45, 7) is 0.642. The van der Waals surface area contributed by atoms with Gasteiger partial charge in [0.2, 0.25) is 0 Å². The first-order valence-electron chi connectivity index (χ1n) is 6.86. The molecule has 1 heterocycles. The summed E-state index contributed by atoms with van der Waals surface area (Å²) in [6.07, 6.45) is 2.45. The Kier molecular flexibility index (Phi) is 3.56. The fourth-order valence-corrected chi connectivity index (χ4v) is 2.12. The Labute approximate surface area is 117 Å². The molecule has 20 heavy (non-hydrogen) atoms. The molecule has 0 aliphatic heterocycles. The van der Waals surface area contributed by atoms with E-state index in [1.165, 1.54) is 12.8 Å². The van der Waals surface area contributed by atoms with Crippen molar-refractivity contribution in [1.29, 1.82) is 0 Å². The minimum Gasteiger partial charge on any atom is -0.497 e. The van der Waals surface area contributed by atoms with E-state index in [-0.39, 0.29) is 5.56 Å². The molecule has 1 aromatic heterocycles. The van der Waals surface area contributed by atoms with E-state index in [2.05, 4.69) is 10.3 Å². The number of pyridine rings is 1. The van der Waals surface area contributed by atoms with Gasteiger partial charge in [-0.2, -0.15) is 0 Å². The summed E-state index contributed by atoms with van der Waals surface area (Å²) in [7, 11) is 1.64. The lowest BCUT2D eigenvalue weighted by molar-refractivity contribution is 0.415. The number of methoxy groups -OCH3 is 1. The molecule has 1 aromatic carbocycles. The first-order chi connectivity index (χ1) is 9.76. The van der Waals surface area contributed by atoms with Crippen LogP contribution in [0.4, 0.5) is 0 Å². The molecule has 0 radical (unpaired) electrons. The number of hydrogen-bond acceptors (Lipinski definition) is 3. The van der Waals surface area contributed by atoms with Crippen molar-refractivity contribution in [1.82, 2.24) is 10.3 Å². The zero-order valence-electron chi connectivity index (χ0n) is 11.5. The van der Waals surface area contributed by atoms with Crippen LogP contribution in [-0.4, -0.2) is 18.1 Å². The lowest BCUT2D eigenvalue weighted by Gasteiger charge is -2.06. The summed E-state index contributed by atoms with van der Waals surface area (Å²) < 4.78 is 5.13. The number of H-pyrrole nitrogens is 1. The highest BCUT2D eigenvalue weighted by atomic mass is 16.5. The number of hydrogen-bond donors (Lipinski definition) is 2. The second-order valence-electron chi connectivity index (χ2n) is 5.11. The highest BCUT2D eigenvalue weighted by molar-refractivity contribution is 5.60. The van der Waals surface area contributed by atoms with Crippen LogP contribution in [-0.2, 0) is 6.54 Å². The third-order valence-corrected chi connectivity index (χ3v) is 3.55. The van der Waals surface area contributed by atoms with Gasteiger partial charge in [-0.25, -0.2) is 0 Å². The van der Waals surface area contributed by atoms with Gasteiger partial charge in [-0.1, -0.05) is 6.07 Å². The minimum atomic E-state index is -0.0218. The maximum Gasteiger partial charge on any atom is 0.252 e. The first-order valence-corrected chi connectivity index (χ1v) is 6.86. The van der Waals surface area contributed by atoms with Gasteiger partial charge in [0.15, 0.2) is 0 Å². The number of aromatic amines is 1. The van der Waals surface area contributed by atoms with Gasteiger partial charge in [0, 0.05) is 23.8 Å². The molecule has 0 amide bonds. The average molecular weight is 270 g/mol. The molecule has 4 nitrogen and oxygen atoms in total. The third kappa shape index (κ3) is 2.91. The van der Waals surface area contributed by atoms with Crippen LogP contribution >= 0.6 is 0 Å². The Balaban J connectivity index is 1.79. The summed E-state index contributed by atoms with van der Waals surface area (Å²) >= 11 is 0. The predicted molar refractivity (Wildman–Crippen MR) is 78.9 cm³/mol. The third-order valence-electron chi connectivity index (χ3n) is 3.55. The molecule has 2 aromatic rings. The fourth-order valence-electron chi connectivity index (χ4n) is 2.12. The van der Waals surface area contributed by atoms with Crippen LogP contribution in [0.15, 0.2) is 41.2 Å². The molecule has 0 saturated heterocycles. The highest BCUT2D eigenvalue weighted by Gasteiger charge is 2.20. The summed E-state index contributed by atoms with van der Waals surface area (Å²) in [5.41, 5.74) is 2.57. The topological polar surface area (TPSA) is 54.1 Å². The van der Waals surface area contributed by atoms with Crippen LogP contribution in [0.1, 0.15) is 18.4 Å². The van der Waals surface area contributed by atoms with Gasteiger partial charge in [0.1, 0.15) is 5.75 Å². The SMILES string of the molecule is COc1ccc(-c2ccc(CNC3CC3)c(=O)[nH]2)cc1. The molecule has 0 unspecified atom stereocenters. The Hall–Kier alpha value is -2.07. The Morgan fingerprint density at radius 3 is 2.55 bits per heavy atom. The summed E-state index contributed by atoms with van der Waals surface area (Å²) in [5.74, 6) is 0.807. The molecular formula is C16H18N2O2. The van der Waals surface area contributed by atoms with E-state index >= 15 is 0 Å². The van der Waals surface area contributed by atoms with Gasteiger partial charge in [-0.3, -0.25) is 4.79 Å². The van der Waals surface area contributed by atoms with Crippen LogP contribution in [0, 0.1) is 0 Å². The number of ether oxygens (including phenoxy) is 1. The number of nitrogens with one attached hydrogen (secondary N) is 2. The van der Waals surface area contributed by atoms with Crippen LogP contribution < -0.4 is 15.6 Å². The van der Waals surface area contributed by atoms with Crippen molar-refractivity contribution in [3.63, 3.8) is 0 Å².